The number of ether oxygens (including phenoxy) is 2. The minimum absolute atomic E-state index is 0. The van der Waals surface area contributed by atoms with Gasteiger partial charge in [-0.3, -0.25) is 4.21 Å². The Morgan fingerprint density at radius 3 is 2.57 bits per heavy atom. The lowest BCUT2D eigenvalue weighted by molar-refractivity contribution is 0.174. The Balaban J connectivity index is 0.00000264. The van der Waals surface area contributed by atoms with E-state index in [2.05, 4.69) is 13.8 Å². The molecule has 0 saturated carbocycles. The van der Waals surface area contributed by atoms with Crippen molar-refractivity contribution in [3.8, 4) is 11.5 Å². The zero-order valence-electron chi connectivity index (χ0n) is 14.3. The van der Waals surface area contributed by atoms with Gasteiger partial charge in [0, 0.05) is 21.8 Å². The molecule has 1 aromatic rings. The van der Waals surface area contributed by atoms with Gasteiger partial charge in [0.15, 0.2) is 11.5 Å². The number of hydrogen-bond acceptors (Lipinski definition) is 3. The summed E-state index contributed by atoms with van der Waals surface area (Å²) in [6.45, 7) is 4.61. The summed E-state index contributed by atoms with van der Waals surface area (Å²) in [5.74, 6) is 2.45. The van der Waals surface area contributed by atoms with Gasteiger partial charge in [-0.1, -0.05) is 52.0 Å². The molecule has 0 fully saturated rings. The van der Waals surface area contributed by atoms with Crippen LogP contribution in [-0.2, 0) is 17.2 Å². The first-order chi connectivity index (χ1) is 10.7. The minimum Gasteiger partial charge on any atom is -0.454 e. The molecule has 5 heteroatoms. The Bertz CT molecular complexity index is 490. The van der Waals surface area contributed by atoms with E-state index in [-0.39, 0.29) is 10.7 Å². The lowest BCUT2D eigenvalue weighted by Crippen LogP contribution is -2.16. The second kappa shape index (κ2) is 10.7. The van der Waals surface area contributed by atoms with Crippen molar-refractivity contribution >= 4 is 10.8 Å². The van der Waals surface area contributed by atoms with Crippen LogP contribution in [0.25, 0.3) is 0 Å². The number of unbranched alkanes of at least 4 members (excludes halogenated alkanes) is 5. The molecule has 0 spiro atoms. The molecule has 1 heterocycles. The van der Waals surface area contributed by atoms with Crippen molar-refractivity contribution in [2.75, 3.05) is 12.5 Å². The molecule has 2 rings (SSSR count). The average molecular weight is 343 g/mol. The van der Waals surface area contributed by atoms with E-state index < -0.39 is 10.8 Å². The monoisotopic (exact) mass is 342 g/mol. The predicted molar refractivity (Wildman–Crippen MR) is 95.7 cm³/mol. The molecule has 4 nitrogen and oxygen atoms in total. The maximum absolute atomic E-state index is 12.3. The number of hydrogen-bond donors (Lipinski definition) is 0. The van der Waals surface area contributed by atoms with Gasteiger partial charge in [0.25, 0.3) is 0 Å². The lowest BCUT2D eigenvalue weighted by Gasteiger charge is -2.12. The summed E-state index contributed by atoms with van der Waals surface area (Å²) in [5.41, 5.74) is 1.17. The molecule has 132 valence electrons. The summed E-state index contributed by atoms with van der Waals surface area (Å²) in [6.07, 6.45) is 8.32. The molecular weight excluding hydrogens is 312 g/mol. The van der Waals surface area contributed by atoms with Gasteiger partial charge in [-0.05, 0) is 30.5 Å². The fourth-order valence-corrected chi connectivity index (χ4v) is 3.99. The van der Waals surface area contributed by atoms with Gasteiger partial charge in [0.1, 0.15) is 0 Å². The van der Waals surface area contributed by atoms with E-state index in [0.717, 1.165) is 30.1 Å². The van der Waals surface area contributed by atoms with E-state index in [1.807, 2.05) is 18.2 Å². The summed E-state index contributed by atoms with van der Waals surface area (Å²) < 4.78 is 23.0. The first-order valence-electron chi connectivity index (χ1n) is 8.46. The zero-order valence-corrected chi connectivity index (χ0v) is 15.1. The normalized spacial score (nSPS) is 15.0. The molecular formula is C18H30O4S. The van der Waals surface area contributed by atoms with E-state index in [0.29, 0.717) is 6.79 Å². The minimum atomic E-state index is -0.743. The van der Waals surface area contributed by atoms with Crippen molar-refractivity contribution in [2.45, 2.75) is 64.0 Å². The summed E-state index contributed by atoms with van der Waals surface area (Å²) in [4.78, 5) is 0. The molecule has 23 heavy (non-hydrogen) atoms. The Labute approximate surface area is 142 Å². The van der Waals surface area contributed by atoms with Gasteiger partial charge in [-0.2, -0.15) is 0 Å². The van der Waals surface area contributed by atoms with Crippen LogP contribution in [0.3, 0.4) is 0 Å². The molecule has 1 aliphatic rings. The van der Waals surface area contributed by atoms with Crippen LogP contribution in [0, 0.1) is 0 Å². The van der Waals surface area contributed by atoms with Gasteiger partial charge < -0.3 is 14.9 Å². The number of fused-ring (bicyclic) bond motifs is 1. The Kier molecular flexibility index (Phi) is 9.26. The maximum atomic E-state index is 12.3. The first-order valence-corrected chi connectivity index (χ1v) is 9.84. The molecule has 2 N–H and O–H groups in total. The van der Waals surface area contributed by atoms with Crippen LogP contribution in [0.5, 0.6) is 11.5 Å². The third-order valence-corrected chi connectivity index (χ3v) is 5.86. The third-order valence-electron chi connectivity index (χ3n) is 4.11. The number of benzene rings is 1. The fraction of sp³-hybridized carbons (Fsp3) is 0.667. The standard InChI is InChI=1S/C18H28O3S.H2O/c1-3-4-5-6-7-8-11-22(19)15(2)12-16-9-10-17-18(13-16)21-14-20-17;/h9-10,13,15H,3-8,11-12,14H2,1-2H3;1H2. The second-order valence-corrected chi connectivity index (χ2v) is 8.03. The van der Waals surface area contributed by atoms with Crippen LogP contribution < -0.4 is 9.47 Å². The maximum Gasteiger partial charge on any atom is 0.231 e. The van der Waals surface area contributed by atoms with E-state index >= 15 is 0 Å². The first kappa shape index (κ1) is 20.0. The van der Waals surface area contributed by atoms with Crippen LogP contribution in [0.4, 0.5) is 0 Å². The molecule has 0 radical (unpaired) electrons. The molecule has 0 aromatic heterocycles. The molecule has 0 aliphatic carbocycles. The second-order valence-electron chi connectivity index (χ2n) is 6.05. The highest BCUT2D eigenvalue weighted by atomic mass is 32.2. The summed E-state index contributed by atoms with van der Waals surface area (Å²) >= 11 is 0. The zero-order chi connectivity index (χ0) is 15.8. The molecule has 0 amide bonds. The highest BCUT2D eigenvalue weighted by Crippen LogP contribution is 2.33. The third kappa shape index (κ3) is 6.51. The molecule has 1 aromatic carbocycles. The van der Waals surface area contributed by atoms with Crippen LogP contribution in [0.2, 0.25) is 0 Å². The topological polar surface area (TPSA) is 67.0 Å². The van der Waals surface area contributed by atoms with Crippen LogP contribution in [0.1, 0.15) is 57.9 Å². The van der Waals surface area contributed by atoms with Gasteiger partial charge in [0.2, 0.25) is 6.79 Å². The number of rotatable bonds is 10. The fourth-order valence-electron chi connectivity index (χ4n) is 2.72. The van der Waals surface area contributed by atoms with Crippen LogP contribution >= 0.6 is 0 Å². The lowest BCUT2D eigenvalue weighted by atomic mass is 10.1. The van der Waals surface area contributed by atoms with Crippen molar-refractivity contribution in [3.05, 3.63) is 23.8 Å². The Hall–Kier alpha value is -1.07. The van der Waals surface area contributed by atoms with E-state index in [9.17, 15) is 4.21 Å². The highest BCUT2D eigenvalue weighted by Gasteiger charge is 2.16. The van der Waals surface area contributed by atoms with Crippen molar-refractivity contribution in [2.24, 2.45) is 0 Å². The summed E-state index contributed by atoms with van der Waals surface area (Å²) in [6, 6.07) is 6.01. The van der Waals surface area contributed by atoms with Gasteiger partial charge >= 0.3 is 0 Å². The van der Waals surface area contributed by atoms with E-state index in [1.165, 1.54) is 37.7 Å². The molecule has 0 bridgehead atoms. The van der Waals surface area contributed by atoms with Gasteiger partial charge in [-0.15, -0.1) is 0 Å². The molecule has 1 aliphatic heterocycles. The van der Waals surface area contributed by atoms with Crippen molar-refractivity contribution in [1.29, 1.82) is 0 Å². The quantitative estimate of drug-likeness (QED) is 0.610. The summed E-state index contributed by atoms with van der Waals surface area (Å²) in [7, 11) is -0.743. The highest BCUT2D eigenvalue weighted by molar-refractivity contribution is 7.85. The molecule has 0 saturated heterocycles. The summed E-state index contributed by atoms with van der Waals surface area (Å²) in [5, 5.41) is 0.191. The molecule has 2 unspecified atom stereocenters. The Morgan fingerprint density at radius 2 is 1.78 bits per heavy atom. The van der Waals surface area contributed by atoms with Crippen LogP contribution in [-0.4, -0.2) is 27.5 Å². The Morgan fingerprint density at radius 1 is 1.09 bits per heavy atom. The molecule has 2 atom stereocenters. The van der Waals surface area contributed by atoms with Gasteiger partial charge in [0.05, 0.1) is 0 Å². The average Bonchev–Trinajstić information content (AvgIpc) is 2.98. The predicted octanol–water partition coefficient (Wildman–Crippen LogP) is 3.63. The van der Waals surface area contributed by atoms with Crippen molar-refractivity contribution < 1.29 is 19.2 Å². The van der Waals surface area contributed by atoms with E-state index in [4.69, 9.17) is 9.47 Å². The SMILES string of the molecule is CCCCCCCCS(=O)C(C)Cc1ccc2c(c1)OCO2.O. The van der Waals surface area contributed by atoms with Gasteiger partial charge in [-0.25, -0.2) is 0 Å². The van der Waals surface area contributed by atoms with Crippen molar-refractivity contribution in [3.63, 3.8) is 0 Å². The van der Waals surface area contributed by atoms with E-state index in [1.54, 1.807) is 0 Å². The van der Waals surface area contributed by atoms with Crippen molar-refractivity contribution in [1.82, 2.24) is 0 Å². The van der Waals surface area contributed by atoms with Crippen LogP contribution in [0.15, 0.2) is 18.2 Å². The smallest absolute Gasteiger partial charge is 0.231 e. The largest absolute Gasteiger partial charge is 0.454 e.